The molecule has 10 heteroatoms. The number of anilines is 1. The normalized spacial score (nSPS) is 30.0. The van der Waals surface area contributed by atoms with Gasteiger partial charge in [-0.2, -0.15) is 4.98 Å². The molecular weight excluding hydrogens is 259 g/mol. The number of nitrogens with zero attached hydrogens (tertiary/aromatic N) is 5. The van der Waals surface area contributed by atoms with Crippen molar-refractivity contribution in [3.63, 3.8) is 0 Å². The molecule has 1 fully saturated rings. The summed E-state index contributed by atoms with van der Waals surface area (Å²) in [7, 11) is 0. The van der Waals surface area contributed by atoms with Crippen LogP contribution in [0.3, 0.4) is 0 Å². The first kappa shape index (κ1) is 13.3. The number of halogens is 1. The summed E-state index contributed by atoms with van der Waals surface area (Å²) in [5, 5.41) is 12.3. The maximum Gasteiger partial charge on any atom is 0.351 e. The van der Waals surface area contributed by atoms with Crippen molar-refractivity contribution in [1.82, 2.24) is 9.55 Å². The predicted molar refractivity (Wildman–Crippen MR) is 61.7 cm³/mol. The molecule has 102 valence electrons. The quantitative estimate of drug-likeness (QED) is 0.442. The second kappa shape index (κ2) is 5.22. The summed E-state index contributed by atoms with van der Waals surface area (Å²) >= 11 is 0. The Kier molecular flexibility index (Phi) is 3.65. The number of rotatable bonds is 3. The lowest BCUT2D eigenvalue weighted by Crippen LogP contribution is -2.33. The molecule has 1 aliphatic heterocycles. The maximum absolute atomic E-state index is 13.9. The fourth-order valence-corrected chi connectivity index (χ4v) is 1.89. The lowest BCUT2D eigenvalue weighted by molar-refractivity contribution is -0.0371. The summed E-state index contributed by atoms with van der Waals surface area (Å²) in [4.78, 5) is 17.6. The zero-order chi connectivity index (χ0) is 14.0. The summed E-state index contributed by atoms with van der Waals surface area (Å²) in [6, 6.07) is 0.0718. The first-order valence-electron chi connectivity index (χ1n) is 5.37. The third-order valence-electron chi connectivity index (χ3n) is 2.78. The minimum absolute atomic E-state index is 0.00934. The monoisotopic (exact) mass is 270 g/mol. The highest BCUT2D eigenvalue weighted by Crippen LogP contribution is 2.32. The molecule has 0 radical (unpaired) electrons. The van der Waals surface area contributed by atoms with E-state index in [1.807, 2.05) is 0 Å². The molecule has 1 saturated heterocycles. The van der Waals surface area contributed by atoms with Crippen LogP contribution in [0.4, 0.5) is 10.2 Å². The number of aromatic nitrogens is 2. The van der Waals surface area contributed by atoms with Gasteiger partial charge in [-0.05, 0) is 11.6 Å². The minimum atomic E-state index is -1.71. The van der Waals surface area contributed by atoms with E-state index in [4.69, 9.17) is 21.1 Å². The van der Waals surface area contributed by atoms with Crippen molar-refractivity contribution in [3.05, 3.63) is 33.2 Å². The van der Waals surface area contributed by atoms with Gasteiger partial charge in [-0.3, -0.25) is 4.57 Å². The molecule has 9 nitrogen and oxygen atoms in total. The van der Waals surface area contributed by atoms with Crippen molar-refractivity contribution in [2.75, 3.05) is 12.3 Å². The molecule has 0 spiro atoms. The molecule has 0 amide bonds. The Morgan fingerprint density at radius 3 is 3.05 bits per heavy atom. The number of alkyl halides is 1. The van der Waals surface area contributed by atoms with Crippen LogP contribution >= 0.6 is 0 Å². The van der Waals surface area contributed by atoms with E-state index < -0.39 is 36.8 Å². The second-order valence-corrected chi connectivity index (χ2v) is 3.93. The molecular formula is C9H11FN6O3. The van der Waals surface area contributed by atoms with E-state index >= 15 is 0 Å². The van der Waals surface area contributed by atoms with Crippen LogP contribution in [-0.4, -0.2) is 39.6 Å². The van der Waals surface area contributed by atoms with Crippen molar-refractivity contribution in [2.24, 2.45) is 5.11 Å². The van der Waals surface area contributed by atoms with E-state index in [1.165, 1.54) is 12.3 Å². The van der Waals surface area contributed by atoms with Crippen LogP contribution in [0.5, 0.6) is 0 Å². The van der Waals surface area contributed by atoms with Crippen LogP contribution in [-0.2, 0) is 4.74 Å². The first-order chi connectivity index (χ1) is 9.08. The number of hydrogen-bond donors (Lipinski definition) is 2. The highest BCUT2D eigenvalue weighted by atomic mass is 19.1. The highest BCUT2D eigenvalue weighted by Gasteiger charge is 2.45. The third kappa shape index (κ3) is 2.36. The van der Waals surface area contributed by atoms with E-state index in [0.717, 1.165) is 4.57 Å². The molecule has 0 aliphatic carbocycles. The highest BCUT2D eigenvalue weighted by molar-refractivity contribution is 5.23. The lowest BCUT2D eigenvalue weighted by atomic mass is 10.1. The minimum Gasteiger partial charge on any atom is -0.394 e. The largest absolute Gasteiger partial charge is 0.394 e. The topological polar surface area (TPSA) is 139 Å². The fraction of sp³-hybridized carbons (Fsp3) is 0.556. The molecule has 19 heavy (non-hydrogen) atoms. The Hall–Kier alpha value is -2.16. The van der Waals surface area contributed by atoms with Crippen LogP contribution in [0.2, 0.25) is 0 Å². The fourth-order valence-electron chi connectivity index (χ4n) is 1.89. The van der Waals surface area contributed by atoms with Gasteiger partial charge in [0, 0.05) is 11.1 Å². The molecule has 0 bridgehead atoms. The van der Waals surface area contributed by atoms with E-state index in [1.54, 1.807) is 0 Å². The van der Waals surface area contributed by atoms with Crippen molar-refractivity contribution < 1.29 is 14.2 Å². The molecule has 3 N–H and O–H groups in total. The zero-order valence-corrected chi connectivity index (χ0v) is 9.63. The molecule has 2 heterocycles. The number of nitrogen functional groups attached to an aromatic ring is 1. The first-order valence-corrected chi connectivity index (χ1v) is 5.37. The Bertz CT molecular complexity index is 571. The Morgan fingerprint density at radius 2 is 2.47 bits per heavy atom. The summed E-state index contributed by atoms with van der Waals surface area (Å²) in [5.74, 6) is 0.00934. The number of aliphatic hydroxyl groups is 1. The lowest BCUT2D eigenvalue weighted by Gasteiger charge is -2.17. The SMILES string of the molecule is [N-]=[N+]=N[C@@H]1[C@H](F)[C@@H](CO)O[C@H]1n1ccc(N)nc1=O. The van der Waals surface area contributed by atoms with E-state index in [0.29, 0.717) is 0 Å². The molecule has 4 atom stereocenters. The van der Waals surface area contributed by atoms with Crippen LogP contribution in [0.15, 0.2) is 22.2 Å². The Balaban J connectivity index is 2.41. The van der Waals surface area contributed by atoms with Gasteiger partial charge in [0.2, 0.25) is 0 Å². The number of aliphatic hydroxyl groups excluding tert-OH is 1. The van der Waals surface area contributed by atoms with Gasteiger partial charge in [0.05, 0.1) is 6.61 Å². The van der Waals surface area contributed by atoms with Gasteiger partial charge in [0.15, 0.2) is 0 Å². The summed E-state index contributed by atoms with van der Waals surface area (Å²) in [6.45, 7) is -0.591. The van der Waals surface area contributed by atoms with Gasteiger partial charge >= 0.3 is 5.69 Å². The van der Waals surface area contributed by atoms with Crippen LogP contribution in [0.1, 0.15) is 6.23 Å². The van der Waals surface area contributed by atoms with Gasteiger partial charge in [0.25, 0.3) is 0 Å². The van der Waals surface area contributed by atoms with Crippen molar-refractivity contribution >= 4 is 5.82 Å². The Morgan fingerprint density at radius 1 is 1.74 bits per heavy atom. The number of azide groups is 1. The predicted octanol–water partition coefficient (Wildman–Crippen LogP) is -0.268. The molecule has 1 aromatic rings. The zero-order valence-electron chi connectivity index (χ0n) is 9.63. The number of ether oxygens (including phenoxy) is 1. The van der Waals surface area contributed by atoms with Gasteiger partial charge in [-0.15, -0.1) is 0 Å². The van der Waals surface area contributed by atoms with Gasteiger partial charge < -0.3 is 15.6 Å². The third-order valence-corrected chi connectivity index (χ3v) is 2.78. The Labute approximate surface area is 106 Å². The second-order valence-electron chi connectivity index (χ2n) is 3.93. The molecule has 1 aliphatic rings. The number of nitrogens with two attached hydrogens (primary N) is 1. The van der Waals surface area contributed by atoms with Crippen molar-refractivity contribution in [3.8, 4) is 0 Å². The van der Waals surface area contributed by atoms with Crippen molar-refractivity contribution in [1.29, 1.82) is 0 Å². The van der Waals surface area contributed by atoms with E-state index in [2.05, 4.69) is 15.0 Å². The van der Waals surface area contributed by atoms with Gasteiger partial charge in [0.1, 0.15) is 30.4 Å². The van der Waals surface area contributed by atoms with Crippen LogP contribution in [0, 0.1) is 0 Å². The molecule has 2 rings (SSSR count). The molecule has 0 aromatic carbocycles. The van der Waals surface area contributed by atoms with Gasteiger partial charge in [-0.25, -0.2) is 9.18 Å². The summed E-state index contributed by atoms with van der Waals surface area (Å²) in [5.41, 5.74) is 13.0. The van der Waals surface area contributed by atoms with Gasteiger partial charge in [-0.1, -0.05) is 5.11 Å². The summed E-state index contributed by atoms with van der Waals surface area (Å²) < 4.78 is 20.0. The maximum atomic E-state index is 13.9. The average molecular weight is 270 g/mol. The van der Waals surface area contributed by atoms with E-state index in [9.17, 15) is 9.18 Å². The molecule has 1 aromatic heterocycles. The van der Waals surface area contributed by atoms with E-state index in [-0.39, 0.29) is 5.82 Å². The number of hydrogen-bond acceptors (Lipinski definition) is 6. The van der Waals surface area contributed by atoms with Crippen LogP contribution in [0.25, 0.3) is 10.4 Å². The van der Waals surface area contributed by atoms with Crippen LogP contribution < -0.4 is 11.4 Å². The summed E-state index contributed by atoms with van der Waals surface area (Å²) in [6.07, 6.45) is -2.77. The molecule has 0 saturated carbocycles. The average Bonchev–Trinajstić information content (AvgIpc) is 2.68. The smallest absolute Gasteiger partial charge is 0.351 e. The molecule has 0 unspecified atom stereocenters. The standard InChI is InChI=1S/C9H11FN6O3/c10-6-4(3-17)19-8(7(6)14-15-12)16-2-1-5(11)13-9(16)18/h1-2,4,6-8,17H,3H2,(H2,11,13,18)/t4-,6-,7-,8-/m1/s1. The van der Waals surface area contributed by atoms with Crippen molar-refractivity contribution in [2.45, 2.75) is 24.5 Å².